The average Bonchev–Trinajstić information content (AvgIpc) is 2.52. The van der Waals surface area contributed by atoms with Gasteiger partial charge in [0.1, 0.15) is 0 Å². The van der Waals surface area contributed by atoms with Crippen molar-refractivity contribution in [2.45, 2.75) is 26.4 Å². The van der Waals surface area contributed by atoms with Gasteiger partial charge in [0.05, 0.1) is 10.9 Å². The minimum atomic E-state index is 0.163. The minimum Gasteiger partial charge on any atom is -0.395 e. The smallest absolute Gasteiger partial charge is 0.0931 e. The van der Waals surface area contributed by atoms with Crippen molar-refractivity contribution in [3.63, 3.8) is 0 Å². The van der Waals surface area contributed by atoms with E-state index in [1.807, 2.05) is 12.1 Å². The number of aliphatic hydroxyl groups excluding tert-OH is 1. The number of nitrogens with one attached hydrogen (secondary N) is 1. The highest BCUT2D eigenvalue weighted by molar-refractivity contribution is 7.16. The molecule has 0 radical (unpaired) electrons. The van der Waals surface area contributed by atoms with Crippen LogP contribution in [-0.4, -0.2) is 17.8 Å². The second-order valence-corrected chi connectivity index (χ2v) is 5.42. The summed E-state index contributed by atoms with van der Waals surface area (Å²) >= 11 is 7.39. The molecule has 0 aliphatic carbocycles. The van der Waals surface area contributed by atoms with E-state index in [2.05, 4.69) is 19.2 Å². The molecule has 1 heterocycles. The Bertz CT molecular complexity index is 275. The van der Waals surface area contributed by atoms with Gasteiger partial charge >= 0.3 is 0 Å². The minimum absolute atomic E-state index is 0.163. The standard InChI is InChI=1S/C10H16ClNOS/c1-7(2)9(6-13)12-5-8-3-4-10(11)14-8/h3-4,7,9,12-13H,5-6H2,1-2H3/t9-/m1/s1. The summed E-state index contributed by atoms with van der Waals surface area (Å²) < 4.78 is 0.812. The summed E-state index contributed by atoms with van der Waals surface area (Å²) in [7, 11) is 0. The maximum atomic E-state index is 9.09. The number of rotatable bonds is 5. The van der Waals surface area contributed by atoms with Gasteiger partial charge in [0.15, 0.2) is 0 Å². The molecule has 0 aliphatic heterocycles. The second-order valence-electron chi connectivity index (χ2n) is 3.62. The van der Waals surface area contributed by atoms with Crippen molar-refractivity contribution < 1.29 is 5.11 Å². The Hall–Kier alpha value is -0.0900. The summed E-state index contributed by atoms with van der Waals surface area (Å²) in [4.78, 5) is 1.20. The van der Waals surface area contributed by atoms with Gasteiger partial charge in [0.2, 0.25) is 0 Å². The maximum absolute atomic E-state index is 9.09. The van der Waals surface area contributed by atoms with Crippen molar-refractivity contribution in [2.24, 2.45) is 5.92 Å². The molecule has 1 aromatic heterocycles. The summed E-state index contributed by atoms with van der Waals surface area (Å²) in [5.74, 6) is 0.440. The van der Waals surface area contributed by atoms with Crippen LogP contribution in [0, 0.1) is 5.92 Å². The van der Waals surface area contributed by atoms with Crippen molar-refractivity contribution in [1.29, 1.82) is 0 Å². The molecule has 0 saturated carbocycles. The molecule has 2 nitrogen and oxygen atoms in total. The highest BCUT2D eigenvalue weighted by atomic mass is 35.5. The Balaban J connectivity index is 2.39. The normalized spacial score (nSPS) is 13.5. The monoisotopic (exact) mass is 233 g/mol. The van der Waals surface area contributed by atoms with Crippen molar-refractivity contribution in [1.82, 2.24) is 5.32 Å². The molecule has 80 valence electrons. The van der Waals surface area contributed by atoms with Crippen molar-refractivity contribution in [3.05, 3.63) is 21.3 Å². The molecule has 14 heavy (non-hydrogen) atoms. The second kappa shape index (κ2) is 5.71. The lowest BCUT2D eigenvalue weighted by Crippen LogP contribution is -2.36. The molecular weight excluding hydrogens is 218 g/mol. The predicted octanol–water partition coefficient (Wildman–Crippen LogP) is 2.51. The van der Waals surface area contributed by atoms with Crippen LogP contribution in [0.4, 0.5) is 0 Å². The molecule has 0 amide bonds. The van der Waals surface area contributed by atoms with Crippen LogP contribution in [0.1, 0.15) is 18.7 Å². The van der Waals surface area contributed by atoms with Gasteiger partial charge in [-0.15, -0.1) is 11.3 Å². The van der Waals surface area contributed by atoms with Crippen molar-refractivity contribution in [2.75, 3.05) is 6.61 Å². The number of thiophene rings is 1. The fourth-order valence-electron chi connectivity index (χ4n) is 1.19. The lowest BCUT2D eigenvalue weighted by Gasteiger charge is -2.19. The van der Waals surface area contributed by atoms with Crippen LogP contribution < -0.4 is 5.32 Å². The summed E-state index contributed by atoms with van der Waals surface area (Å²) in [6.45, 7) is 5.14. The first kappa shape index (κ1) is 12.0. The van der Waals surface area contributed by atoms with Gasteiger partial charge in [-0.25, -0.2) is 0 Å². The van der Waals surface area contributed by atoms with E-state index in [1.54, 1.807) is 11.3 Å². The average molecular weight is 234 g/mol. The van der Waals surface area contributed by atoms with E-state index in [0.717, 1.165) is 10.9 Å². The quantitative estimate of drug-likeness (QED) is 0.819. The van der Waals surface area contributed by atoms with E-state index in [-0.39, 0.29) is 12.6 Å². The molecular formula is C10H16ClNOS. The number of hydrogen-bond donors (Lipinski definition) is 2. The number of halogens is 1. The van der Waals surface area contributed by atoms with E-state index < -0.39 is 0 Å². The van der Waals surface area contributed by atoms with E-state index in [4.69, 9.17) is 16.7 Å². The molecule has 0 fully saturated rings. The summed E-state index contributed by atoms with van der Waals surface area (Å²) in [6, 6.07) is 4.07. The van der Waals surface area contributed by atoms with Gasteiger partial charge in [-0.3, -0.25) is 0 Å². The molecule has 4 heteroatoms. The molecule has 1 rings (SSSR count). The van der Waals surface area contributed by atoms with E-state index >= 15 is 0 Å². The zero-order valence-electron chi connectivity index (χ0n) is 8.46. The van der Waals surface area contributed by atoms with E-state index in [9.17, 15) is 0 Å². The van der Waals surface area contributed by atoms with Gasteiger partial charge in [-0.05, 0) is 18.1 Å². The van der Waals surface area contributed by atoms with Gasteiger partial charge < -0.3 is 10.4 Å². The van der Waals surface area contributed by atoms with Crippen LogP contribution >= 0.6 is 22.9 Å². The largest absolute Gasteiger partial charge is 0.395 e. The first-order chi connectivity index (χ1) is 6.63. The Labute approximate surface area is 93.9 Å². The third-order valence-corrected chi connectivity index (χ3v) is 3.40. The van der Waals surface area contributed by atoms with Gasteiger partial charge in [-0.1, -0.05) is 25.4 Å². The summed E-state index contributed by atoms with van der Waals surface area (Å²) in [5.41, 5.74) is 0. The third kappa shape index (κ3) is 3.58. The SMILES string of the molecule is CC(C)[C@@H](CO)NCc1ccc(Cl)s1. The van der Waals surface area contributed by atoms with E-state index in [1.165, 1.54) is 4.88 Å². The molecule has 0 spiro atoms. The molecule has 0 bridgehead atoms. The van der Waals surface area contributed by atoms with Crippen LogP contribution in [0.25, 0.3) is 0 Å². The van der Waals surface area contributed by atoms with Gasteiger partial charge in [0.25, 0.3) is 0 Å². The highest BCUT2D eigenvalue weighted by Crippen LogP contribution is 2.21. The highest BCUT2D eigenvalue weighted by Gasteiger charge is 2.11. The fraction of sp³-hybridized carbons (Fsp3) is 0.600. The first-order valence-corrected chi connectivity index (χ1v) is 5.91. The van der Waals surface area contributed by atoms with Gasteiger partial charge in [0, 0.05) is 17.5 Å². The molecule has 2 N–H and O–H groups in total. The predicted molar refractivity (Wildman–Crippen MR) is 61.9 cm³/mol. The zero-order chi connectivity index (χ0) is 10.6. The Morgan fingerprint density at radius 1 is 1.50 bits per heavy atom. The molecule has 0 aliphatic rings. The Morgan fingerprint density at radius 3 is 2.64 bits per heavy atom. The number of aliphatic hydroxyl groups is 1. The van der Waals surface area contributed by atoms with Crippen molar-refractivity contribution >= 4 is 22.9 Å². The van der Waals surface area contributed by atoms with Crippen LogP contribution in [0.3, 0.4) is 0 Å². The van der Waals surface area contributed by atoms with Gasteiger partial charge in [-0.2, -0.15) is 0 Å². The maximum Gasteiger partial charge on any atom is 0.0931 e. The molecule has 0 aromatic carbocycles. The van der Waals surface area contributed by atoms with Crippen LogP contribution in [0.15, 0.2) is 12.1 Å². The zero-order valence-corrected chi connectivity index (χ0v) is 10.0. The molecule has 1 aromatic rings. The summed E-state index contributed by atoms with van der Waals surface area (Å²) in [5, 5.41) is 12.4. The van der Waals surface area contributed by atoms with Crippen molar-refractivity contribution in [3.8, 4) is 0 Å². The molecule has 0 unspecified atom stereocenters. The topological polar surface area (TPSA) is 32.3 Å². The van der Waals surface area contributed by atoms with Crippen LogP contribution in [-0.2, 0) is 6.54 Å². The number of hydrogen-bond acceptors (Lipinski definition) is 3. The Morgan fingerprint density at radius 2 is 2.21 bits per heavy atom. The van der Waals surface area contributed by atoms with Crippen LogP contribution in [0.5, 0.6) is 0 Å². The fourth-order valence-corrected chi connectivity index (χ4v) is 2.23. The van der Waals surface area contributed by atoms with E-state index in [0.29, 0.717) is 5.92 Å². The lowest BCUT2D eigenvalue weighted by molar-refractivity contribution is 0.210. The van der Waals surface area contributed by atoms with Crippen LogP contribution in [0.2, 0.25) is 4.34 Å². The third-order valence-electron chi connectivity index (χ3n) is 2.17. The lowest BCUT2D eigenvalue weighted by atomic mass is 10.1. The summed E-state index contributed by atoms with van der Waals surface area (Å²) in [6.07, 6.45) is 0. The molecule has 1 atom stereocenters. The first-order valence-electron chi connectivity index (χ1n) is 4.72. The molecule has 0 saturated heterocycles. The Kier molecular flexibility index (Phi) is 4.89.